The van der Waals surface area contributed by atoms with E-state index in [1.807, 2.05) is 0 Å². The molecule has 0 aliphatic carbocycles. The molecule has 116 valence electrons. The number of carbonyl (C=O) groups excluding carboxylic acids is 1. The van der Waals surface area contributed by atoms with Crippen LogP contribution in [0, 0.1) is 11.6 Å². The molecule has 0 aromatic heterocycles. The number of nitrogens with zero attached hydrogens (tertiary/aromatic N) is 1. The molecule has 1 rings (SSSR count). The molecular weight excluding hydrogens is 278 g/mol. The number of urea groups is 1. The van der Waals surface area contributed by atoms with Crippen LogP contribution >= 0.6 is 0 Å². The van der Waals surface area contributed by atoms with E-state index in [2.05, 4.69) is 11.9 Å². The van der Waals surface area contributed by atoms with Gasteiger partial charge >= 0.3 is 6.03 Å². The van der Waals surface area contributed by atoms with E-state index in [0.717, 1.165) is 6.07 Å². The number of carbonyl (C=O) groups is 1. The first-order valence-corrected chi connectivity index (χ1v) is 6.52. The lowest BCUT2D eigenvalue weighted by molar-refractivity contribution is 0.0861. The zero-order valence-corrected chi connectivity index (χ0v) is 12.2. The lowest BCUT2D eigenvalue weighted by Crippen LogP contribution is -2.53. The van der Waals surface area contributed by atoms with Gasteiger partial charge in [-0.2, -0.15) is 0 Å². The molecule has 1 aromatic rings. The van der Waals surface area contributed by atoms with Crippen LogP contribution in [0.1, 0.15) is 18.9 Å². The number of hydrogen-bond acceptors (Lipinski definition) is 2. The van der Waals surface area contributed by atoms with Crippen LogP contribution in [0.3, 0.4) is 0 Å². The normalized spacial score (nSPS) is 13.4. The summed E-state index contributed by atoms with van der Waals surface area (Å²) in [6.07, 6.45) is 2.01. The number of amides is 2. The average molecular weight is 298 g/mol. The van der Waals surface area contributed by atoms with Crippen molar-refractivity contribution in [1.29, 1.82) is 0 Å². The first-order chi connectivity index (χ1) is 9.85. The average Bonchev–Trinajstić information content (AvgIpc) is 2.47. The summed E-state index contributed by atoms with van der Waals surface area (Å²) in [5.74, 6) is -1.93. The minimum atomic E-state index is -0.975. The molecule has 0 aliphatic rings. The van der Waals surface area contributed by atoms with Crippen molar-refractivity contribution in [1.82, 2.24) is 10.2 Å². The van der Waals surface area contributed by atoms with Gasteiger partial charge in [0.25, 0.3) is 0 Å². The van der Waals surface area contributed by atoms with Gasteiger partial charge in [0.2, 0.25) is 0 Å². The number of benzene rings is 1. The summed E-state index contributed by atoms with van der Waals surface area (Å²) >= 11 is 0. The van der Waals surface area contributed by atoms with E-state index in [0.29, 0.717) is 6.42 Å². The van der Waals surface area contributed by atoms with Crippen LogP contribution in [0.5, 0.6) is 0 Å². The zero-order chi connectivity index (χ0) is 16.0. The molecule has 0 saturated carbocycles. The third kappa shape index (κ3) is 4.01. The van der Waals surface area contributed by atoms with Crippen LogP contribution in [0.4, 0.5) is 13.6 Å². The molecular formula is C15H20F2N2O2. The summed E-state index contributed by atoms with van der Waals surface area (Å²) in [6, 6.07) is 3.30. The second-order valence-electron chi connectivity index (χ2n) is 5.08. The molecule has 21 heavy (non-hydrogen) atoms. The van der Waals surface area contributed by atoms with Crippen molar-refractivity contribution in [2.24, 2.45) is 0 Å². The van der Waals surface area contributed by atoms with Crippen LogP contribution in [0.15, 0.2) is 30.9 Å². The lowest BCUT2D eigenvalue weighted by atomic mass is 9.97. The first-order valence-electron chi connectivity index (χ1n) is 6.52. The van der Waals surface area contributed by atoms with Gasteiger partial charge in [-0.1, -0.05) is 18.2 Å². The van der Waals surface area contributed by atoms with E-state index >= 15 is 0 Å². The molecule has 0 heterocycles. The predicted octanol–water partition coefficient (Wildman–Crippen LogP) is 2.43. The maximum Gasteiger partial charge on any atom is 0.317 e. The second kappa shape index (κ2) is 7.17. The minimum Gasteiger partial charge on any atom is -0.394 e. The number of likely N-dealkylation sites (N-methyl/N-ethyl adjacent to an activating group) is 1. The van der Waals surface area contributed by atoms with Gasteiger partial charge in [-0.3, -0.25) is 0 Å². The Balaban J connectivity index is 2.73. The zero-order valence-electron chi connectivity index (χ0n) is 12.2. The summed E-state index contributed by atoms with van der Waals surface area (Å²) in [4.78, 5) is 13.4. The Labute approximate surface area is 123 Å². The number of rotatable bonds is 6. The topological polar surface area (TPSA) is 52.6 Å². The number of aliphatic hydroxyl groups excluding tert-OH is 1. The monoisotopic (exact) mass is 298 g/mol. The fourth-order valence-corrected chi connectivity index (χ4v) is 1.84. The fourth-order valence-electron chi connectivity index (χ4n) is 1.84. The van der Waals surface area contributed by atoms with Gasteiger partial charge in [-0.15, -0.1) is 6.58 Å². The van der Waals surface area contributed by atoms with Crippen LogP contribution in [0.2, 0.25) is 0 Å². The molecule has 0 fully saturated rings. The predicted molar refractivity (Wildman–Crippen MR) is 76.7 cm³/mol. The maximum absolute atomic E-state index is 13.5. The minimum absolute atomic E-state index is 0.0613. The van der Waals surface area contributed by atoms with Gasteiger partial charge in [0.15, 0.2) is 11.6 Å². The van der Waals surface area contributed by atoms with Crippen LogP contribution in [-0.2, 0) is 6.54 Å². The van der Waals surface area contributed by atoms with Gasteiger partial charge in [0.05, 0.1) is 12.1 Å². The summed E-state index contributed by atoms with van der Waals surface area (Å²) in [5, 5.41) is 11.9. The lowest BCUT2D eigenvalue weighted by Gasteiger charge is -2.36. The molecule has 1 atom stereocenters. The van der Waals surface area contributed by atoms with Gasteiger partial charge in [0, 0.05) is 19.2 Å². The second-order valence-corrected chi connectivity index (χ2v) is 5.08. The van der Waals surface area contributed by atoms with Gasteiger partial charge in [-0.05, 0) is 19.4 Å². The van der Waals surface area contributed by atoms with E-state index in [1.165, 1.54) is 24.1 Å². The summed E-state index contributed by atoms with van der Waals surface area (Å²) in [5.41, 5.74) is -0.738. The molecule has 0 bridgehead atoms. The third-order valence-electron chi connectivity index (χ3n) is 3.50. The Morgan fingerprint density at radius 3 is 2.76 bits per heavy atom. The highest BCUT2D eigenvalue weighted by molar-refractivity contribution is 5.74. The van der Waals surface area contributed by atoms with E-state index in [1.54, 1.807) is 13.0 Å². The van der Waals surface area contributed by atoms with Crippen molar-refractivity contribution in [3.63, 3.8) is 0 Å². The highest BCUT2D eigenvalue weighted by Crippen LogP contribution is 2.18. The molecule has 2 amide bonds. The molecule has 0 radical (unpaired) electrons. The molecule has 1 aromatic carbocycles. The number of nitrogens with one attached hydrogen (secondary N) is 1. The molecule has 6 heteroatoms. The first kappa shape index (κ1) is 17.1. The highest BCUT2D eigenvalue weighted by Gasteiger charge is 2.30. The molecule has 4 nitrogen and oxygen atoms in total. The number of aliphatic hydroxyl groups is 1. The van der Waals surface area contributed by atoms with Crippen molar-refractivity contribution < 1.29 is 18.7 Å². The Kier molecular flexibility index (Phi) is 5.84. The largest absolute Gasteiger partial charge is 0.394 e. The smallest absolute Gasteiger partial charge is 0.317 e. The highest BCUT2D eigenvalue weighted by atomic mass is 19.2. The van der Waals surface area contributed by atoms with Crippen molar-refractivity contribution >= 4 is 6.03 Å². The van der Waals surface area contributed by atoms with E-state index < -0.39 is 23.2 Å². The van der Waals surface area contributed by atoms with Gasteiger partial charge < -0.3 is 15.3 Å². The molecule has 0 saturated heterocycles. The maximum atomic E-state index is 13.5. The molecule has 0 aliphatic heterocycles. The summed E-state index contributed by atoms with van der Waals surface area (Å²) < 4.78 is 26.5. The quantitative estimate of drug-likeness (QED) is 0.793. The Hall–Kier alpha value is -1.95. The standard InChI is InChI=1S/C15H20F2N2O2/c1-4-8-15(2,10-20)19(3)14(21)18-9-11-6-5-7-12(16)13(11)17/h4-7,20H,1,8-10H2,2-3H3,(H,18,21)/t15-/m1/s1. The number of hydrogen-bond donors (Lipinski definition) is 2. The van der Waals surface area contributed by atoms with E-state index in [-0.39, 0.29) is 18.7 Å². The van der Waals surface area contributed by atoms with Gasteiger partial charge in [-0.25, -0.2) is 13.6 Å². The van der Waals surface area contributed by atoms with Crippen molar-refractivity contribution in [3.05, 3.63) is 48.1 Å². The van der Waals surface area contributed by atoms with Crippen molar-refractivity contribution in [3.8, 4) is 0 Å². The number of halogens is 2. The molecule has 2 N–H and O–H groups in total. The van der Waals surface area contributed by atoms with E-state index in [9.17, 15) is 18.7 Å². The van der Waals surface area contributed by atoms with Crippen LogP contribution in [-0.4, -0.2) is 35.2 Å². The van der Waals surface area contributed by atoms with Gasteiger partial charge in [0.1, 0.15) is 0 Å². The summed E-state index contributed by atoms with van der Waals surface area (Å²) in [7, 11) is 1.52. The Morgan fingerprint density at radius 2 is 2.19 bits per heavy atom. The Bertz CT molecular complexity index is 522. The van der Waals surface area contributed by atoms with Crippen molar-refractivity contribution in [2.75, 3.05) is 13.7 Å². The SMILES string of the molecule is C=CC[C@](C)(CO)N(C)C(=O)NCc1cccc(F)c1F. The molecule has 0 unspecified atom stereocenters. The Morgan fingerprint density at radius 1 is 1.52 bits per heavy atom. The summed E-state index contributed by atoms with van der Waals surface area (Å²) in [6.45, 7) is 4.92. The van der Waals surface area contributed by atoms with Crippen LogP contribution in [0.25, 0.3) is 0 Å². The fraction of sp³-hybridized carbons (Fsp3) is 0.400. The van der Waals surface area contributed by atoms with E-state index in [4.69, 9.17) is 0 Å². The van der Waals surface area contributed by atoms with Crippen molar-refractivity contribution in [2.45, 2.75) is 25.4 Å². The molecule has 0 spiro atoms. The third-order valence-corrected chi connectivity index (χ3v) is 3.50. The van der Waals surface area contributed by atoms with Crippen LogP contribution < -0.4 is 5.32 Å².